The van der Waals surface area contributed by atoms with Crippen LogP contribution in [0.3, 0.4) is 0 Å². The minimum absolute atomic E-state index is 0.606. The van der Waals surface area contributed by atoms with E-state index in [1.165, 1.54) is 37.8 Å². The molecule has 5 rings (SSSR count). The summed E-state index contributed by atoms with van der Waals surface area (Å²) in [6.45, 7) is 0. The molecule has 0 heterocycles. The van der Waals surface area contributed by atoms with Crippen LogP contribution >= 0.6 is 7.92 Å². The topological polar surface area (TPSA) is 0 Å². The predicted molar refractivity (Wildman–Crippen MR) is 132 cm³/mol. The van der Waals surface area contributed by atoms with Crippen LogP contribution in [-0.4, -0.2) is 0 Å². The van der Waals surface area contributed by atoms with Crippen molar-refractivity contribution in [3.05, 3.63) is 139 Å². The van der Waals surface area contributed by atoms with Crippen molar-refractivity contribution in [2.45, 2.75) is 6.42 Å². The van der Waals surface area contributed by atoms with Gasteiger partial charge in [-0.2, -0.15) is 0 Å². The fraction of sp³-hybridized carbons (Fsp3) is 0.0345. The molecular formula is C29H23P. The van der Waals surface area contributed by atoms with E-state index in [0.29, 0.717) is 0 Å². The lowest BCUT2D eigenvalue weighted by Crippen LogP contribution is -2.23. The van der Waals surface area contributed by atoms with Crippen molar-refractivity contribution < 1.29 is 0 Å². The van der Waals surface area contributed by atoms with Crippen LogP contribution in [0.1, 0.15) is 11.1 Å². The normalized spacial score (nSPS) is 11.1. The molecule has 0 aromatic heterocycles. The van der Waals surface area contributed by atoms with Crippen LogP contribution in [0.4, 0.5) is 0 Å². The minimum atomic E-state index is -0.606. The van der Waals surface area contributed by atoms with Gasteiger partial charge in [0.2, 0.25) is 0 Å². The summed E-state index contributed by atoms with van der Waals surface area (Å²) in [6.07, 6.45) is 0.941. The van der Waals surface area contributed by atoms with Gasteiger partial charge < -0.3 is 0 Å². The zero-order chi connectivity index (χ0) is 20.2. The van der Waals surface area contributed by atoms with Crippen LogP contribution in [-0.2, 0) is 6.42 Å². The molecule has 0 spiro atoms. The largest absolute Gasteiger partial charge is 0.0622 e. The predicted octanol–water partition coefficient (Wildman–Crippen LogP) is 6.19. The second-order valence-corrected chi connectivity index (χ2v) is 9.64. The third-order valence-corrected chi connectivity index (χ3v) is 8.07. The molecular weight excluding hydrogens is 379 g/mol. The zero-order valence-electron chi connectivity index (χ0n) is 16.8. The van der Waals surface area contributed by atoms with E-state index in [0.717, 1.165) is 6.42 Å². The summed E-state index contributed by atoms with van der Waals surface area (Å²) in [5.41, 5.74) is 2.80. The Morgan fingerprint density at radius 2 is 0.967 bits per heavy atom. The zero-order valence-corrected chi connectivity index (χ0v) is 17.7. The number of benzene rings is 5. The summed E-state index contributed by atoms with van der Waals surface area (Å²) in [7, 11) is -0.606. The first kappa shape index (κ1) is 18.8. The van der Waals surface area contributed by atoms with E-state index >= 15 is 0 Å². The number of hydrogen-bond acceptors (Lipinski definition) is 0. The molecule has 0 nitrogen and oxygen atoms in total. The van der Waals surface area contributed by atoms with Crippen molar-refractivity contribution in [2.24, 2.45) is 0 Å². The average molecular weight is 402 g/mol. The molecule has 0 amide bonds. The third-order valence-electron chi connectivity index (χ3n) is 5.52. The van der Waals surface area contributed by atoms with Gasteiger partial charge in [-0.05, 0) is 52.2 Å². The maximum atomic E-state index is 2.33. The van der Waals surface area contributed by atoms with Crippen molar-refractivity contribution in [2.75, 3.05) is 0 Å². The quantitative estimate of drug-likeness (QED) is 0.308. The summed E-state index contributed by atoms with van der Waals surface area (Å²) in [5.74, 6) is 0. The first-order chi connectivity index (χ1) is 14.9. The number of rotatable bonds is 5. The lowest BCUT2D eigenvalue weighted by molar-refractivity contribution is 1.23. The van der Waals surface area contributed by atoms with Gasteiger partial charge in [0, 0.05) is 0 Å². The van der Waals surface area contributed by atoms with Gasteiger partial charge in [0.1, 0.15) is 0 Å². The minimum Gasteiger partial charge on any atom is -0.0622 e. The van der Waals surface area contributed by atoms with E-state index < -0.39 is 7.92 Å². The van der Waals surface area contributed by atoms with Gasteiger partial charge in [-0.1, -0.05) is 127 Å². The molecule has 0 radical (unpaired) electrons. The first-order valence-electron chi connectivity index (χ1n) is 10.3. The Morgan fingerprint density at radius 1 is 0.433 bits per heavy atom. The van der Waals surface area contributed by atoms with Crippen molar-refractivity contribution in [3.63, 3.8) is 0 Å². The van der Waals surface area contributed by atoms with Crippen LogP contribution in [0.15, 0.2) is 127 Å². The molecule has 0 fully saturated rings. The Kier molecular flexibility index (Phi) is 5.42. The Bertz CT molecular complexity index is 1210. The molecule has 30 heavy (non-hydrogen) atoms. The molecule has 5 aromatic carbocycles. The fourth-order valence-corrected chi connectivity index (χ4v) is 6.58. The molecule has 1 heteroatoms. The molecule has 0 N–H and O–H groups in total. The standard InChI is InChI=1S/C29H23P/c1-3-16-26(17-4-1)30(27-18-5-2-6-19-27)29-21-10-8-13-25(29)22-24-15-11-14-23-12-7-9-20-28(23)24/h1-21H,22H2. The van der Waals surface area contributed by atoms with Gasteiger partial charge in [0.25, 0.3) is 0 Å². The van der Waals surface area contributed by atoms with E-state index in [2.05, 4.69) is 127 Å². The Hall–Kier alpha value is -3.21. The highest BCUT2D eigenvalue weighted by atomic mass is 31.1. The molecule has 0 aliphatic heterocycles. The third kappa shape index (κ3) is 3.80. The molecule has 0 aliphatic rings. The number of fused-ring (bicyclic) bond motifs is 1. The summed E-state index contributed by atoms with van der Waals surface area (Å²) >= 11 is 0. The molecule has 0 atom stereocenters. The van der Waals surface area contributed by atoms with Crippen LogP contribution in [0, 0.1) is 0 Å². The lowest BCUT2D eigenvalue weighted by atomic mass is 9.98. The van der Waals surface area contributed by atoms with Gasteiger partial charge in [-0.15, -0.1) is 0 Å². The SMILES string of the molecule is c1ccc(P(c2ccccc2)c2ccccc2Cc2cccc3ccccc23)cc1. The van der Waals surface area contributed by atoms with Crippen LogP contribution in [0.25, 0.3) is 10.8 Å². The molecule has 0 saturated heterocycles. The molecule has 0 bridgehead atoms. The monoisotopic (exact) mass is 402 g/mol. The van der Waals surface area contributed by atoms with Crippen molar-refractivity contribution in [3.8, 4) is 0 Å². The van der Waals surface area contributed by atoms with E-state index in [1.54, 1.807) is 0 Å². The average Bonchev–Trinajstić information content (AvgIpc) is 2.82. The molecule has 0 aliphatic carbocycles. The first-order valence-corrected chi connectivity index (χ1v) is 11.7. The van der Waals surface area contributed by atoms with E-state index in [-0.39, 0.29) is 0 Å². The van der Waals surface area contributed by atoms with Crippen molar-refractivity contribution in [1.29, 1.82) is 0 Å². The smallest absolute Gasteiger partial charge is 0.00131 e. The summed E-state index contributed by atoms with van der Waals surface area (Å²) in [6, 6.07) is 46.2. The van der Waals surface area contributed by atoms with Crippen molar-refractivity contribution >= 4 is 34.6 Å². The van der Waals surface area contributed by atoms with E-state index in [1.807, 2.05) is 0 Å². The van der Waals surface area contributed by atoms with Crippen LogP contribution in [0.2, 0.25) is 0 Å². The molecule has 5 aromatic rings. The maximum Gasteiger partial charge on any atom is -0.00131 e. The second kappa shape index (κ2) is 8.66. The lowest BCUT2D eigenvalue weighted by Gasteiger charge is -2.22. The van der Waals surface area contributed by atoms with E-state index in [9.17, 15) is 0 Å². The maximum absolute atomic E-state index is 2.33. The highest BCUT2D eigenvalue weighted by molar-refractivity contribution is 7.79. The summed E-state index contributed by atoms with van der Waals surface area (Å²) in [4.78, 5) is 0. The van der Waals surface area contributed by atoms with E-state index in [4.69, 9.17) is 0 Å². The fourth-order valence-electron chi connectivity index (χ4n) is 4.11. The Labute approximate surface area is 179 Å². The molecule has 144 valence electrons. The molecule has 0 unspecified atom stereocenters. The van der Waals surface area contributed by atoms with Gasteiger partial charge in [-0.3, -0.25) is 0 Å². The molecule has 0 saturated carbocycles. The number of hydrogen-bond donors (Lipinski definition) is 0. The Morgan fingerprint density at radius 3 is 1.70 bits per heavy atom. The van der Waals surface area contributed by atoms with Crippen LogP contribution < -0.4 is 15.9 Å². The summed E-state index contributed by atoms with van der Waals surface area (Å²) in [5, 5.41) is 6.88. The van der Waals surface area contributed by atoms with Gasteiger partial charge in [0.05, 0.1) is 0 Å². The summed E-state index contributed by atoms with van der Waals surface area (Å²) < 4.78 is 0. The highest BCUT2D eigenvalue weighted by Crippen LogP contribution is 2.35. The van der Waals surface area contributed by atoms with Gasteiger partial charge in [0.15, 0.2) is 0 Å². The second-order valence-electron chi connectivity index (χ2n) is 7.45. The highest BCUT2D eigenvalue weighted by Gasteiger charge is 2.19. The Balaban J connectivity index is 1.64. The van der Waals surface area contributed by atoms with Gasteiger partial charge in [-0.25, -0.2) is 0 Å². The van der Waals surface area contributed by atoms with Gasteiger partial charge >= 0.3 is 0 Å². The van der Waals surface area contributed by atoms with Crippen LogP contribution in [0.5, 0.6) is 0 Å². The van der Waals surface area contributed by atoms with Crippen molar-refractivity contribution in [1.82, 2.24) is 0 Å².